The molecule has 0 bridgehead atoms. The van der Waals surface area contributed by atoms with E-state index in [0.29, 0.717) is 49.1 Å². The van der Waals surface area contributed by atoms with Gasteiger partial charge in [-0.05, 0) is 79.0 Å². The number of amides is 2. The van der Waals surface area contributed by atoms with E-state index in [1.807, 2.05) is 0 Å². The number of anilines is 2. The largest absolute Gasteiger partial charge is 0.457 e. The summed E-state index contributed by atoms with van der Waals surface area (Å²) in [5, 5.41) is 9.62. The molecule has 1 aromatic heterocycles. The van der Waals surface area contributed by atoms with Gasteiger partial charge in [-0.1, -0.05) is 53.0 Å². The lowest BCUT2D eigenvalue weighted by Gasteiger charge is -2.11. The monoisotopic (exact) mass is 569 g/mol. The Bertz CT molecular complexity index is 1520. The molecule has 10 heteroatoms. The Morgan fingerprint density at radius 1 is 0.838 bits per heavy atom. The lowest BCUT2D eigenvalue weighted by Crippen LogP contribution is -2.32. The van der Waals surface area contributed by atoms with Crippen LogP contribution in [0, 0.1) is 0 Å². The summed E-state index contributed by atoms with van der Waals surface area (Å²) >= 11 is 23.5. The summed E-state index contributed by atoms with van der Waals surface area (Å²) in [4.78, 5) is 24.8. The summed E-state index contributed by atoms with van der Waals surface area (Å²) in [6.07, 6.45) is 2.80. The number of nitrogens with one attached hydrogen (secondary N) is 3. The number of hydrogen-bond donors (Lipinski definition) is 3. The fraction of sp³-hybridized carbons (Fsp3) is 0. The fourth-order valence-electron chi connectivity index (χ4n) is 3.26. The molecule has 0 spiro atoms. The van der Waals surface area contributed by atoms with Crippen molar-refractivity contribution in [1.82, 2.24) is 5.32 Å². The molecule has 3 N–H and O–H groups in total. The van der Waals surface area contributed by atoms with Crippen LogP contribution in [-0.2, 0) is 4.79 Å². The normalized spacial score (nSPS) is 10.8. The Labute approximate surface area is 233 Å². The Morgan fingerprint density at radius 2 is 1.57 bits per heavy atom. The van der Waals surface area contributed by atoms with Crippen LogP contribution in [0.25, 0.3) is 17.4 Å². The predicted octanol–water partition coefficient (Wildman–Crippen LogP) is 7.69. The van der Waals surface area contributed by atoms with Gasteiger partial charge in [0.1, 0.15) is 11.5 Å². The molecule has 0 aliphatic carbocycles. The molecule has 0 unspecified atom stereocenters. The number of thiocarbonyl (C=S) groups is 1. The molecule has 0 atom stereocenters. The van der Waals surface area contributed by atoms with Crippen LogP contribution in [0.2, 0.25) is 15.1 Å². The fourth-order valence-corrected chi connectivity index (χ4v) is 4.07. The minimum atomic E-state index is -0.457. The van der Waals surface area contributed by atoms with Crippen LogP contribution in [0.1, 0.15) is 16.1 Å². The van der Waals surface area contributed by atoms with Gasteiger partial charge in [0.15, 0.2) is 5.11 Å². The van der Waals surface area contributed by atoms with Gasteiger partial charge in [-0.3, -0.25) is 14.9 Å². The minimum absolute atomic E-state index is 0.0822. The van der Waals surface area contributed by atoms with Gasteiger partial charge in [-0.2, -0.15) is 0 Å². The van der Waals surface area contributed by atoms with E-state index in [1.165, 1.54) is 12.2 Å². The average molecular weight is 571 g/mol. The van der Waals surface area contributed by atoms with E-state index >= 15 is 0 Å². The molecule has 4 aromatic rings. The molecule has 37 heavy (non-hydrogen) atoms. The molecule has 0 aliphatic rings. The molecule has 0 saturated heterocycles. The zero-order valence-electron chi connectivity index (χ0n) is 18.9. The Balaban J connectivity index is 1.32. The number of hydrogen-bond acceptors (Lipinski definition) is 4. The van der Waals surface area contributed by atoms with Gasteiger partial charge in [0.25, 0.3) is 5.91 Å². The van der Waals surface area contributed by atoms with Crippen molar-refractivity contribution in [2.24, 2.45) is 0 Å². The molecule has 1 heterocycles. The van der Waals surface area contributed by atoms with Gasteiger partial charge in [0, 0.05) is 33.6 Å². The van der Waals surface area contributed by atoms with Crippen molar-refractivity contribution < 1.29 is 14.0 Å². The van der Waals surface area contributed by atoms with E-state index < -0.39 is 5.91 Å². The second-order valence-electron chi connectivity index (χ2n) is 7.63. The van der Waals surface area contributed by atoms with Crippen LogP contribution in [-0.4, -0.2) is 16.9 Å². The van der Waals surface area contributed by atoms with E-state index in [4.69, 9.17) is 51.4 Å². The summed E-state index contributed by atoms with van der Waals surface area (Å²) in [6.45, 7) is 0. The zero-order valence-corrected chi connectivity index (χ0v) is 22.0. The topological polar surface area (TPSA) is 83.4 Å². The van der Waals surface area contributed by atoms with Crippen molar-refractivity contribution in [2.75, 3.05) is 10.6 Å². The van der Waals surface area contributed by atoms with Gasteiger partial charge < -0.3 is 15.1 Å². The standard InChI is InChI=1S/C27H18Cl3N3O3S/c28-17-5-1-4-16(14-17)26(35)31-18-6-2-7-19(15-18)32-27(37)33-24(34)13-11-20-10-12-23(36-20)21-8-3-9-22(29)25(21)30/h1-15H,(H,31,35)(H2,32,33,34,37). The smallest absolute Gasteiger partial charge is 0.255 e. The first-order chi connectivity index (χ1) is 17.8. The number of carbonyl (C=O) groups excluding carboxylic acids is 2. The van der Waals surface area contributed by atoms with Gasteiger partial charge in [-0.15, -0.1) is 0 Å². The van der Waals surface area contributed by atoms with Crippen LogP contribution in [0.5, 0.6) is 0 Å². The van der Waals surface area contributed by atoms with Gasteiger partial charge in [0.2, 0.25) is 5.91 Å². The quantitative estimate of drug-likeness (QED) is 0.164. The first kappa shape index (κ1) is 26.4. The van der Waals surface area contributed by atoms with Crippen molar-refractivity contribution in [2.45, 2.75) is 0 Å². The van der Waals surface area contributed by atoms with Crippen LogP contribution in [0.3, 0.4) is 0 Å². The minimum Gasteiger partial charge on any atom is -0.457 e. The maximum Gasteiger partial charge on any atom is 0.255 e. The second kappa shape index (κ2) is 12.1. The SMILES string of the molecule is O=C(C=Cc1ccc(-c2cccc(Cl)c2Cl)o1)NC(=S)Nc1cccc(NC(=O)c2cccc(Cl)c2)c1. The molecule has 3 aromatic carbocycles. The molecule has 0 radical (unpaired) electrons. The molecule has 0 saturated carbocycles. The zero-order chi connectivity index (χ0) is 26.4. The molecule has 6 nitrogen and oxygen atoms in total. The molecular weight excluding hydrogens is 553 g/mol. The Morgan fingerprint density at radius 3 is 2.35 bits per heavy atom. The highest BCUT2D eigenvalue weighted by molar-refractivity contribution is 7.80. The third-order valence-corrected chi connectivity index (χ3v) is 6.20. The predicted molar refractivity (Wildman–Crippen MR) is 153 cm³/mol. The summed E-state index contributed by atoms with van der Waals surface area (Å²) in [7, 11) is 0. The van der Waals surface area contributed by atoms with Crippen molar-refractivity contribution in [3.63, 3.8) is 0 Å². The number of carbonyl (C=O) groups is 2. The molecule has 4 rings (SSSR count). The summed E-state index contributed by atoms with van der Waals surface area (Å²) in [6, 6.07) is 22.2. The maximum atomic E-state index is 12.4. The molecule has 186 valence electrons. The van der Waals surface area contributed by atoms with E-state index in [2.05, 4.69) is 16.0 Å². The van der Waals surface area contributed by atoms with Gasteiger partial charge in [-0.25, -0.2) is 0 Å². The first-order valence-corrected chi connectivity index (χ1v) is 12.3. The van der Waals surface area contributed by atoms with Crippen LogP contribution in [0.4, 0.5) is 11.4 Å². The first-order valence-electron chi connectivity index (χ1n) is 10.8. The lowest BCUT2D eigenvalue weighted by molar-refractivity contribution is -0.115. The number of halogens is 3. The third kappa shape index (κ3) is 7.21. The van der Waals surface area contributed by atoms with Crippen molar-refractivity contribution in [3.05, 3.63) is 111 Å². The Hall–Kier alpha value is -3.62. The number of benzene rings is 3. The molecular formula is C27H18Cl3N3O3S. The number of furan rings is 1. The molecule has 0 aliphatic heterocycles. The van der Waals surface area contributed by atoms with Crippen LogP contribution < -0.4 is 16.0 Å². The average Bonchev–Trinajstić information content (AvgIpc) is 3.33. The number of rotatable bonds is 6. The third-order valence-electron chi connectivity index (χ3n) is 4.94. The van der Waals surface area contributed by atoms with Gasteiger partial charge in [0.05, 0.1) is 10.0 Å². The summed E-state index contributed by atoms with van der Waals surface area (Å²) in [5.41, 5.74) is 2.19. The highest BCUT2D eigenvalue weighted by atomic mass is 35.5. The van der Waals surface area contributed by atoms with E-state index in [-0.39, 0.29) is 11.0 Å². The van der Waals surface area contributed by atoms with Crippen molar-refractivity contribution in [3.8, 4) is 11.3 Å². The highest BCUT2D eigenvalue weighted by Crippen LogP contribution is 2.34. The van der Waals surface area contributed by atoms with E-state index in [1.54, 1.807) is 78.9 Å². The van der Waals surface area contributed by atoms with E-state index in [9.17, 15) is 9.59 Å². The highest BCUT2D eigenvalue weighted by Gasteiger charge is 2.11. The summed E-state index contributed by atoms with van der Waals surface area (Å²) in [5.74, 6) is 0.205. The lowest BCUT2D eigenvalue weighted by atomic mass is 10.2. The van der Waals surface area contributed by atoms with Gasteiger partial charge >= 0.3 is 0 Å². The summed E-state index contributed by atoms with van der Waals surface area (Å²) < 4.78 is 5.74. The Kier molecular flexibility index (Phi) is 8.63. The van der Waals surface area contributed by atoms with Crippen molar-refractivity contribution >= 4 is 81.4 Å². The maximum absolute atomic E-state index is 12.4. The van der Waals surface area contributed by atoms with Crippen LogP contribution in [0.15, 0.2) is 89.4 Å². The molecule has 2 amide bonds. The van der Waals surface area contributed by atoms with Crippen molar-refractivity contribution in [1.29, 1.82) is 0 Å². The van der Waals surface area contributed by atoms with Crippen LogP contribution >= 0.6 is 47.0 Å². The van der Waals surface area contributed by atoms with E-state index in [0.717, 1.165) is 0 Å². The molecule has 0 fully saturated rings. The second-order valence-corrected chi connectivity index (χ2v) is 9.26.